The molecule has 13 nitrogen and oxygen atoms in total. The molecule has 1 unspecified atom stereocenters. The third-order valence-corrected chi connectivity index (χ3v) is 9.74. The van der Waals surface area contributed by atoms with Crippen LogP contribution in [-0.4, -0.2) is 129 Å². The van der Waals surface area contributed by atoms with Crippen LogP contribution in [0, 0.1) is 5.92 Å². The van der Waals surface area contributed by atoms with E-state index in [1.165, 1.54) is 6.07 Å². The van der Waals surface area contributed by atoms with Crippen molar-refractivity contribution in [2.24, 2.45) is 11.7 Å². The van der Waals surface area contributed by atoms with Gasteiger partial charge in [-0.2, -0.15) is 5.06 Å². The largest absolute Gasteiger partial charge is 0.508 e. The molecule has 2 aromatic carbocycles. The summed E-state index contributed by atoms with van der Waals surface area (Å²) >= 11 is 0. The molecule has 1 amide bonds. The number of primary amides is 1. The minimum Gasteiger partial charge on any atom is -0.508 e. The number of nitrogens with zero attached hydrogens (tertiary/aromatic N) is 7. The van der Waals surface area contributed by atoms with Crippen molar-refractivity contribution in [2.45, 2.75) is 45.3 Å². The Labute approximate surface area is 276 Å². The van der Waals surface area contributed by atoms with Crippen LogP contribution >= 0.6 is 0 Å². The summed E-state index contributed by atoms with van der Waals surface area (Å²) in [5.41, 5.74) is 8.47. The van der Waals surface area contributed by atoms with E-state index in [1.54, 1.807) is 10.6 Å². The van der Waals surface area contributed by atoms with Gasteiger partial charge in [0.25, 0.3) is 5.91 Å². The molecule has 13 heteroatoms. The summed E-state index contributed by atoms with van der Waals surface area (Å²) < 4.78 is 7.44. The van der Waals surface area contributed by atoms with Crippen LogP contribution in [0.5, 0.6) is 11.5 Å². The summed E-state index contributed by atoms with van der Waals surface area (Å²) in [7, 11) is 2.13. The lowest BCUT2D eigenvalue weighted by atomic mass is 9.97. The van der Waals surface area contributed by atoms with Crippen LogP contribution in [-0.2, 0) is 22.5 Å². The van der Waals surface area contributed by atoms with Crippen LogP contribution in [0.3, 0.4) is 0 Å². The number of aromatic hydroxyl groups is 2. The van der Waals surface area contributed by atoms with Gasteiger partial charge in [-0.3, -0.25) is 19.1 Å². The van der Waals surface area contributed by atoms with Gasteiger partial charge in [0, 0.05) is 77.2 Å². The number of piperidine rings is 1. The van der Waals surface area contributed by atoms with Crippen LogP contribution in [0.15, 0.2) is 36.4 Å². The summed E-state index contributed by atoms with van der Waals surface area (Å²) in [6, 6.07) is 10.9. The number of aromatic nitrogens is 3. The van der Waals surface area contributed by atoms with Gasteiger partial charge in [-0.15, -0.1) is 10.2 Å². The van der Waals surface area contributed by atoms with E-state index in [2.05, 4.69) is 37.0 Å². The maximum absolute atomic E-state index is 12.3. The van der Waals surface area contributed by atoms with Gasteiger partial charge in [-0.1, -0.05) is 19.1 Å². The lowest BCUT2D eigenvalue weighted by Crippen LogP contribution is -2.48. The number of hydrogen-bond donors (Lipinski definition) is 3. The highest BCUT2D eigenvalue weighted by atomic mass is 16.8. The molecule has 0 bridgehead atoms. The highest BCUT2D eigenvalue weighted by molar-refractivity contribution is 5.90. The van der Waals surface area contributed by atoms with E-state index in [9.17, 15) is 15.0 Å². The van der Waals surface area contributed by atoms with E-state index in [0.717, 1.165) is 90.3 Å². The monoisotopic (exact) mass is 648 g/mol. The van der Waals surface area contributed by atoms with E-state index < -0.39 is 5.91 Å². The SMILES string of the molecule is CCc1cc(-c2nnc(C(N)=O)n2-c2ccc(CN3CCN(CC4CCN(OCOC5CCN(C)C5)CC4)CC3)cc2)c(O)cc1O. The fraction of sp³-hybridized carbons (Fsp3) is 0.559. The molecule has 0 saturated carbocycles. The van der Waals surface area contributed by atoms with Crippen molar-refractivity contribution in [1.29, 1.82) is 0 Å². The minimum atomic E-state index is -0.726. The third kappa shape index (κ3) is 8.11. The summed E-state index contributed by atoms with van der Waals surface area (Å²) in [6.45, 7) is 12.4. The first-order chi connectivity index (χ1) is 22.8. The molecule has 1 atom stereocenters. The van der Waals surface area contributed by atoms with Crippen LogP contribution in [0.25, 0.3) is 17.1 Å². The number of ether oxygens (including phenoxy) is 1. The predicted molar refractivity (Wildman–Crippen MR) is 177 cm³/mol. The van der Waals surface area contributed by atoms with Crippen LogP contribution < -0.4 is 5.73 Å². The number of aryl methyl sites for hydroxylation is 1. The Balaban J connectivity index is 0.983. The van der Waals surface area contributed by atoms with Gasteiger partial charge in [0.2, 0.25) is 5.82 Å². The van der Waals surface area contributed by atoms with E-state index in [-0.39, 0.29) is 23.1 Å². The Morgan fingerprint density at radius 3 is 2.32 bits per heavy atom. The van der Waals surface area contributed by atoms with Crippen molar-refractivity contribution in [3.05, 3.63) is 53.3 Å². The Bertz CT molecular complexity index is 1500. The number of carbonyl (C=O) groups is 1. The van der Waals surface area contributed by atoms with E-state index in [0.29, 0.717) is 42.0 Å². The number of amides is 1. The zero-order valence-corrected chi connectivity index (χ0v) is 27.6. The number of rotatable bonds is 12. The summed E-state index contributed by atoms with van der Waals surface area (Å²) in [5.74, 6) is 0.0522. The zero-order chi connectivity index (χ0) is 32.9. The average Bonchev–Trinajstić information content (AvgIpc) is 3.70. The van der Waals surface area contributed by atoms with Gasteiger partial charge < -0.3 is 30.5 Å². The Hall–Kier alpha value is -3.59. The van der Waals surface area contributed by atoms with E-state index in [1.807, 2.05) is 31.2 Å². The van der Waals surface area contributed by atoms with Crippen molar-refractivity contribution in [3.63, 3.8) is 0 Å². The smallest absolute Gasteiger partial charge is 0.287 e. The van der Waals surface area contributed by atoms with Gasteiger partial charge in [0.05, 0.1) is 11.7 Å². The summed E-state index contributed by atoms with van der Waals surface area (Å²) in [5, 5.41) is 31.1. The van der Waals surface area contributed by atoms with Gasteiger partial charge in [-0.25, -0.2) is 0 Å². The molecular formula is C34H48N8O5. The molecule has 0 radical (unpaired) electrons. The molecule has 4 N–H and O–H groups in total. The number of piperazine rings is 1. The van der Waals surface area contributed by atoms with Crippen molar-refractivity contribution in [1.82, 2.24) is 34.5 Å². The first kappa shape index (κ1) is 33.3. The first-order valence-corrected chi connectivity index (χ1v) is 16.8. The molecule has 4 heterocycles. The van der Waals surface area contributed by atoms with Crippen LogP contribution in [0.1, 0.15) is 47.9 Å². The Morgan fingerprint density at radius 2 is 1.66 bits per heavy atom. The maximum atomic E-state index is 12.3. The second-order valence-electron chi connectivity index (χ2n) is 13.1. The molecule has 3 fully saturated rings. The van der Waals surface area contributed by atoms with Crippen molar-refractivity contribution >= 4 is 5.91 Å². The minimum absolute atomic E-state index is 0.000317. The molecule has 254 valence electrons. The highest BCUT2D eigenvalue weighted by Crippen LogP contribution is 2.35. The van der Waals surface area contributed by atoms with Crippen LogP contribution in [0.2, 0.25) is 0 Å². The summed E-state index contributed by atoms with van der Waals surface area (Å²) in [4.78, 5) is 25.5. The average molecular weight is 649 g/mol. The lowest BCUT2D eigenvalue weighted by molar-refractivity contribution is -0.243. The molecule has 1 aromatic heterocycles. The van der Waals surface area contributed by atoms with E-state index >= 15 is 0 Å². The molecule has 0 aliphatic carbocycles. The van der Waals surface area contributed by atoms with Gasteiger partial charge in [0.15, 0.2) is 12.6 Å². The summed E-state index contributed by atoms with van der Waals surface area (Å²) in [6.07, 6.45) is 4.24. The molecule has 3 aliphatic rings. The normalized spacial score (nSPS) is 20.7. The number of carbonyl (C=O) groups excluding carboxylic acids is 1. The van der Waals surface area contributed by atoms with Crippen molar-refractivity contribution in [2.75, 3.05) is 72.7 Å². The Morgan fingerprint density at radius 1 is 0.936 bits per heavy atom. The number of nitrogens with two attached hydrogens (primary N) is 1. The first-order valence-electron chi connectivity index (χ1n) is 16.8. The number of phenols is 2. The van der Waals surface area contributed by atoms with Crippen molar-refractivity contribution in [3.8, 4) is 28.6 Å². The number of benzene rings is 2. The Kier molecular flexibility index (Phi) is 10.7. The number of hydrogen-bond acceptors (Lipinski definition) is 11. The fourth-order valence-electron chi connectivity index (χ4n) is 6.90. The molecule has 47 heavy (non-hydrogen) atoms. The van der Waals surface area contributed by atoms with Crippen LogP contribution in [0.4, 0.5) is 0 Å². The standard InChI is InChI=1S/C34H48N8O5/c1-3-26-18-29(31(44)19-30(26)43)33-36-37-34(32(35)45)42(33)27-6-4-24(5-7-27)20-39-14-16-40(17-15-39)21-25-8-12-41(13-9-25)47-23-46-28-10-11-38(2)22-28/h4-7,18-19,25,28,43-44H,3,8-17,20-23H2,1-2H3,(H2,35,45). The molecular weight excluding hydrogens is 600 g/mol. The topological polar surface area (TPSA) is 146 Å². The number of hydroxylamine groups is 2. The van der Waals surface area contributed by atoms with Gasteiger partial charge in [-0.05, 0) is 68.0 Å². The lowest BCUT2D eigenvalue weighted by Gasteiger charge is -2.38. The maximum Gasteiger partial charge on any atom is 0.287 e. The predicted octanol–water partition coefficient (Wildman–Crippen LogP) is 2.45. The quantitative estimate of drug-likeness (QED) is 0.249. The van der Waals surface area contributed by atoms with Gasteiger partial charge >= 0.3 is 0 Å². The highest BCUT2D eigenvalue weighted by Gasteiger charge is 2.26. The number of phenolic OH excluding ortho intramolecular Hbond substituents is 2. The zero-order valence-electron chi connectivity index (χ0n) is 27.6. The molecule has 6 rings (SSSR count). The fourth-order valence-corrected chi connectivity index (χ4v) is 6.90. The third-order valence-electron chi connectivity index (χ3n) is 9.74. The second kappa shape index (κ2) is 15.1. The number of likely N-dealkylation sites (tertiary alicyclic amines) is 1. The van der Waals surface area contributed by atoms with E-state index in [4.69, 9.17) is 15.3 Å². The molecule has 3 aliphatic heterocycles. The molecule has 3 aromatic rings. The molecule has 0 spiro atoms. The molecule has 3 saturated heterocycles. The van der Waals surface area contributed by atoms with Crippen molar-refractivity contribution < 1.29 is 24.6 Å². The number of likely N-dealkylation sites (N-methyl/N-ethyl adjacent to an activating group) is 1. The van der Waals surface area contributed by atoms with Gasteiger partial charge in [0.1, 0.15) is 11.5 Å². The second-order valence-corrected chi connectivity index (χ2v) is 13.1.